The van der Waals surface area contributed by atoms with Crippen LogP contribution in [0.1, 0.15) is 40.3 Å². The van der Waals surface area contributed by atoms with Gasteiger partial charge in [-0.3, -0.25) is 0 Å². The van der Waals surface area contributed by atoms with E-state index < -0.39 is 8.41 Å². The number of fused-ring (bicyclic) bond motifs is 6. The van der Waals surface area contributed by atoms with Crippen LogP contribution in [0.2, 0.25) is 13.1 Å². The minimum absolute atomic E-state index is 0.470. The topological polar surface area (TPSA) is 0 Å². The van der Waals surface area contributed by atoms with Crippen LogP contribution >= 0.6 is 22.7 Å². The van der Waals surface area contributed by atoms with E-state index in [0.717, 1.165) is 0 Å². The molecule has 0 atom stereocenters. The van der Waals surface area contributed by atoms with Crippen molar-refractivity contribution in [3.63, 3.8) is 0 Å². The Morgan fingerprint density at radius 1 is 0.769 bits per heavy atom. The van der Waals surface area contributed by atoms with Crippen LogP contribution in [0.5, 0.6) is 0 Å². The van der Waals surface area contributed by atoms with Gasteiger partial charge >= 0.3 is 256 Å². The van der Waals surface area contributed by atoms with E-state index in [1.165, 1.54) is 102 Å². The molecule has 2 aliphatic rings. The van der Waals surface area contributed by atoms with Crippen LogP contribution in [0.4, 0.5) is 0 Å². The molecule has 186 valence electrons. The molecule has 39 heavy (non-hydrogen) atoms. The Balaban J connectivity index is 1.41. The number of allylic oxidation sites excluding steroid dienone is 4. The van der Waals surface area contributed by atoms with Gasteiger partial charge in [0.1, 0.15) is 0 Å². The molecular formula is C35H28S2SiZr+2. The van der Waals surface area contributed by atoms with Crippen molar-refractivity contribution in [2.24, 2.45) is 5.92 Å². The zero-order chi connectivity index (χ0) is 26.8. The van der Waals surface area contributed by atoms with Gasteiger partial charge < -0.3 is 0 Å². The van der Waals surface area contributed by atoms with Crippen LogP contribution in [0.25, 0.3) is 49.0 Å². The molecule has 4 heteroatoms. The summed E-state index contributed by atoms with van der Waals surface area (Å²) in [7, 11) is -0.470. The van der Waals surface area contributed by atoms with Crippen LogP contribution in [0, 0.1) is 5.92 Å². The van der Waals surface area contributed by atoms with Gasteiger partial charge in [0.05, 0.1) is 0 Å². The molecular weight excluding hydrogens is 604 g/mol. The standard InChI is InChI=1S/C35H28S2Si.Zr/c1-21(2)26-19-29-33-24(20-38(3)4)12-8-14-30(33)37-35(29)27(26)16-22-17-28-32(18-22)36-31-15-9-13-25(34(28)31)23-10-6-5-7-11-23;/h5-17,19-21H,1-4H3;/q;+2. The molecule has 5 aromatic rings. The average Bonchev–Trinajstić information content (AvgIpc) is 3.64. The van der Waals surface area contributed by atoms with Gasteiger partial charge in [0.15, 0.2) is 0 Å². The van der Waals surface area contributed by atoms with Crippen LogP contribution in [-0.4, -0.2) is 17.3 Å². The van der Waals surface area contributed by atoms with Crippen LogP contribution in [0.3, 0.4) is 0 Å². The summed E-state index contributed by atoms with van der Waals surface area (Å²) in [5.41, 5.74) is 13.7. The van der Waals surface area contributed by atoms with E-state index in [2.05, 4.69) is 118 Å². The van der Waals surface area contributed by atoms with Gasteiger partial charge in [-0.05, 0) is 0 Å². The fourth-order valence-corrected chi connectivity index (χ4v) is 10.3. The van der Waals surface area contributed by atoms with E-state index in [4.69, 9.17) is 0 Å². The summed E-state index contributed by atoms with van der Waals surface area (Å²) >= 11 is 5.42. The summed E-state index contributed by atoms with van der Waals surface area (Å²) in [6.07, 6.45) is 7.48. The number of benzene rings is 3. The second-order valence-electron chi connectivity index (χ2n) is 11.0. The molecule has 0 radical (unpaired) electrons. The van der Waals surface area contributed by atoms with Crippen molar-refractivity contribution in [3.05, 3.63) is 110 Å². The second-order valence-corrected chi connectivity index (χ2v) is 16.7. The first kappa shape index (κ1) is 25.6. The quantitative estimate of drug-likeness (QED) is 0.173. The Morgan fingerprint density at radius 2 is 1.46 bits per heavy atom. The summed E-state index contributed by atoms with van der Waals surface area (Å²) in [6, 6.07) is 24.5. The Hall–Kier alpha value is -2.36. The molecule has 0 saturated carbocycles. The molecule has 0 fully saturated rings. The Morgan fingerprint density at radius 3 is 2.21 bits per heavy atom. The summed E-state index contributed by atoms with van der Waals surface area (Å²) in [6.45, 7) is 9.42. The summed E-state index contributed by atoms with van der Waals surface area (Å²) in [5, 5.41) is 2.86. The molecule has 7 rings (SSSR count). The van der Waals surface area contributed by atoms with Gasteiger partial charge in [-0.1, -0.05) is 0 Å². The molecule has 0 bridgehead atoms. The van der Waals surface area contributed by atoms with Gasteiger partial charge in [-0.25, -0.2) is 0 Å². The maximum atomic E-state index is 2.51. The van der Waals surface area contributed by atoms with Crippen molar-refractivity contribution in [2.45, 2.75) is 26.9 Å². The van der Waals surface area contributed by atoms with Crippen LogP contribution < -0.4 is 0 Å². The predicted octanol–water partition coefficient (Wildman–Crippen LogP) is 9.87. The predicted molar refractivity (Wildman–Crippen MR) is 175 cm³/mol. The normalized spacial score (nSPS) is 15.4. The maximum absolute atomic E-state index is 2.51. The first-order valence-corrected chi connectivity index (χ1v) is 18.9. The van der Waals surface area contributed by atoms with E-state index in [-0.39, 0.29) is 0 Å². The van der Waals surface area contributed by atoms with E-state index >= 15 is 0 Å². The van der Waals surface area contributed by atoms with Crippen molar-refractivity contribution in [1.82, 2.24) is 0 Å². The van der Waals surface area contributed by atoms with Crippen molar-refractivity contribution in [3.8, 4) is 11.1 Å². The van der Waals surface area contributed by atoms with Gasteiger partial charge in [0.25, 0.3) is 0 Å². The van der Waals surface area contributed by atoms with Gasteiger partial charge in [0, 0.05) is 0 Å². The zero-order valence-corrected chi connectivity index (χ0v) is 27.6. The minimum atomic E-state index is -0.470. The van der Waals surface area contributed by atoms with Crippen molar-refractivity contribution in [2.75, 3.05) is 0 Å². The molecule has 2 aromatic heterocycles. The number of rotatable bonds is 4. The third-order valence-electron chi connectivity index (χ3n) is 7.66. The third kappa shape index (κ3) is 4.23. The van der Waals surface area contributed by atoms with E-state index in [1.807, 2.05) is 22.7 Å². The molecule has 0 amide bonds. The van der Waals surface area contributed by atoms with Gasteiger partial charge in [0.2, 0.25) is 0 Å². The van der Waals surface area contributed by atoms with Gasteiger partial charge in [-0.15, -0.1) is 0 Å². The summed E-state index contributed by atoms with van der Waals surface area (Å²) in [4.78, 5) is 2.91. The monoisotopic (exact) mass is 630 g/mol. The molecule has 0 aliphatic heterocycles. The second kappa shape index (κ2) is 9.93. The number of thiophene rings is 2. The average molecular weight is 632 g/mol. The SMILES string of the molecule is CC(C)C1=Cc2c(sc3cccc(C=[Si](C)C)c23)C1=CC1=Cc2c(sc3cccc(-c4ccccc4)c23)[C]1=[Zr+2]. The Labute approximate surface area is 254 Å². The molecule has 0 nitrogen and oxygen atoms in total. The molecule has 2 aliphatic carbocycles. The van der Waals surface area contributed by atoms with E-state index in [0.29, 0.717) is 5.92 Å². The fraction of sp³-hybridized carbons (Fsp3) is 0.143. The van der Waals surface area contributed by atoms with Crippen molar-refractivity contribution >= 4 is 77.9 Å². The van der Waals surface area contributed by atoms with Gasteiger partial charge in [-0.2, -0.15) is 0 Å². The molecule has 3 aromatic carbocycles. The molecule has 0 N–H and O–H groups in total. The van der Waals surface area contributed by atoms with Crippen LogP contribution in [0.15, 0.2) is 84.0 Å². The van der Waals surface area contributed by atoms with Crippen molar-refractivity contribution in [1.29, 1.82) is 0 Å². The van der Waals surface area contributed by atoms with Crippen LogP contribution in [-0.2, 0) is 24.2 Å². The van der Waals surface area contributed by atoms with Crippen molar-refractivity contribution < 1.29 is 24.2 Å². The molecule has 2 heterocycles. The molecule has 0 saturated heterocycles. The zero-order valence-electron chi connectivity index (χ0n) is 22.6. The Bertz CT molecular complexity index is 1950. The molecule has 0 spiro atoms. The first-order chi connectivity index (χ1) is 18.9. The molecule has 0 unspecified atom stereocenters. The Kier molecular flexibility index (Phi) is 6.51. The van der Waals surface area contributed by atoms with E-state index in [9.17, 15) is 0 Å². The number of hydrogen-bond acceptors (Lipinski definition) is 2. The summed E-state index contributed by atoms with van der Waals surface area (Å²) in [5.74, 6) is 0.480. The third-order valence-corrected chi connectivity index (χ3v) is 12.7. The fourth-order valence-electron chi connectivity index (χ4n) is 5.94. The first-order valence-electron chi connectivity index (χ1n) is 13.5. The summed E-state index contributed by atoms with van der Waals surface area (Å²) < 4.78 is 4.28. The number of hydrogen-bond donors (Lipinski definition) is 0. The van der Waals surface area contributed by atoms with E-state index in [1.54, 1.807) is 0 Å².